The average molecular weight is 806 g/mol. The minimum absolute atomic E-state index is 0.141. The first kappa shape index (κ1) is 36.9. The van der Waals surface area contributed by atoms with E-state index in [9.17, 15) is 0 Å². The van der Waals surface area contributed by atoms with Crippen LogP contribution in [0, 0.1) is 0 Å². The lowest BCUT2D eigenvalue weighted by Crippen LogP contribution is -2.16. The number of fused-ring (bicyclic) bond motifs is 9. The predicted octanol–water partition coefficient (Wildman–Crippen LogP) is 17.1. The van der Waals surface area contributed by atoms with Crippen molar-refractivity contribution in [2.75, 3.05) is 4.90 Å². The third-order valence-corrected chi connectivity index (χ3v) is 13.3. The van der Waals surface area contributed by atoms with Crippen molar-refractivity contribution in [3.63, 3.8) is 0 Å². The Morgan fingerprint density at radius 1 is 0.317 bits per heavy atom. The van der Waals surface area contributed by atoms with E-state index in [-0.39, 0.29) is 5.41 Å². The van der Waals surface area contributed by atoms with Gasteiger partial charge in [0.15, 0.2) is 0 Å². The maximum absolute atomic E-state index is 7.01. The molecule has 0 fully saturated rings. The fourth-order valence-electron chi connectivity index (χ4n) is 10.1. The molecular formula is C61H43NO. The Morgan fingerprint density at radius 3 is 1.65 bits per heavy atom. The lowest BCUT2D eigenvalue weighted by Gasteiger charge is -2.29. The summed E-state index contributed by atoms with van der Waals surface area (Å²) in [5, 5.41) is 2.46. The van der Waals surface area contributed by atoms with Crippen molar-refractivity contribution in [2.45, 2.75) is 19.3 Å². The van der Waals surface area contributed by atoms with Crippen LogP contribution in [0.25, 0.3) is 77.5 Å². The molecule has 0 amide bonds. The topological polar surface area (TPSA) is 12.5 Å². The van der Waals surface area contributed by atoms with Gasteiger partial charge in [-0.3, -0.25) is 0 Å². The Labute approximate surface area is 369 Å². The minimum Gasteiger partial charge on any atom is -0.456 e. The van der Waals surface area contributed by atoms with Gasteiger partial charge in [0.05, 0.1) is 0 Å². The van der Waals surface area contributed by atoms with Crippen LogP contribution in [-0.2, 0) is 5.41 Å². The smallest absolute Gasteiger partial charge is 0.135 e. The lowest BCUT2D eigenvalue weighted by atomic mass is 9.82. The first-order valence-corrected chi connectivity index (χ1v) is 21.8. The van der Waals surface area contributed by atoms with Crippen molar-refractivity contribution in [1.82, 2.24) is 0 Å². The molecule has 10 aromatic carbocycles. The normalized spacial score (nSPS) is 12.9. The van der Waals surface area contributed by atoms with E-state index in [1.807, 2.05) is 0 Å². The van der Waals surface area contributed by atoms with Gasteiger partial charge in [0, 0.05) is 33.6 Å². The van der Waals surface area contributed by atoms with Gasteiger partial charge in [0.1, 0.15) is 11.5 Å². The summed E-state index contributed by atoms with van der Waals surface area (Å²) in [5.74, 6) is 1.67. The van der Waals surface area contributed by atoms with Crippen LogP contribution in [0.5, 0.6) is 11.5 Å². The van der Waals surface area contributed by atoms with Crippen LogP contribution < -0.4 is 9.64 Å². The van der Waals surface area contributed by atoms with E-state index >= 15 is 0 Å². The van der Waals surface area contributed by atoms with Crippen molar-refractivity contribution in [3.8, 4) is 78.3 Å². The largest absolute Gasteiger partial charge is 0.456 e. The van der Waals surface area contributed by atoms with Gasteiger partial charge < -0.3 is 9.64 Å². The van der Waals surface area contributed by atoms with Crippen LogP contribution in [0.4, 0.5) is 17.1 Å². The van der Waals surface area contributed by atoms with Crippen molar-refractivity contribution in [2.24, 2.45) is 0 Å². The Balaban J connectivity index is 1.05. The molecule has 0 spiro atoms. The summed E-state index contributed by atoms with van der Waals surface area (Å²) in [6.45, 7) is 4.70. The molecule has 2 heteroatoms. The van der Waals surface area contributed by atoms with Crippen LogP contribution in [0.15, 0.2) is 224 Å². The maximum atomic E-state index is 7.01. The van der Waals surface area contributed by atoms with Crippen molar-refractivity contribution in [1.29, 1.82) is 0 Å². The number of anilines is 3. The van der Waals surface area contributed by atoms with Gasteiger partial charge in [-0.05, 0) is 138 Å². The summed E-state index contributed by atoms with van der Waals surface area (Å²) in [6.07, 6.45) is 0. The molecule has 0 saturated heterocycles. The quantitative estimate of drug-likeness (QED) is 0.166. The van der Waals surface area contributed by atoms with E-state index in [4.69, 9.17) is 4.74 Å². The average Bonchev–Trinajstić information content (AvgIpc) is 3.48. The molecule has 1 aliphatic heterocycles. The predicted molar refractivity (Wildman–Crippen MR) is 263 cm³/mol. The number of hydrogen-bond acceptors (Lipinski definition) is 2. The molecule has 0 bridgehead atoms. The molecular weight excluding hydrogens is 763 g/mol. The molecule has 0 atom stereocenters. The van der Waals surface area contributed by atoms with Gasteiger partial charge in [-0.15, -0.1) is 0 Å². The molecule has 2 nitrogen and oxygen atoms in total. The Kier molecular flexibility index (Phi) is 8.55. The van der Waals surface area contributed by atoms with Gasteiger partial charge in [-0.25, -0.2) is 0 Å². The van der Waals surface area contributed by atoms with Crippen LogP contribution in [0.2, 0.25) is 0 Å². The highest BCUT2D eigenvalue weighted by molar-refractivity contribution is 6.01. The third kappa shape index (κ3) is 6.17. The fourth-order valence-corrected chi connectivity index (χ4v) is 10.1. The second-order valence-electron chi connectivity index (χ2n) is 17.3. The second kappa shape index (κ2) is 14.6. The first-order chi connectivity index (χ1) is 31.0. The highest BCUT2D eigenvalue weighted by atomic mass is 16.5. The fraction of sp³-hybridized carbons (Fsp3) is 0.0492. The van der Waals surface area contributed by atoms with Gasteiger partial charge in [-0.1, -0.05) is 178 Å². The van der Waals surface area contributed by atoms with E-state index in [2.05, 4.69) is 243 Å². The molecule has 2 aliphatic rings. The number of rotatable bonds is 6. The highest BCUT2D eigenvalue weighted by Gasteiger charge is 2.36. The van der Waals surface area contributed by atoms with E-state index in [0.29, 0.717) is 0 Å². The standard InChI is InChI=1S/C61H43NO/c1-61(2)57-23-12-11-21-52(57)53-33-30-48(39-58(53)61)62(46-28-24-42(25-29-46)40-14-5-3-6-15-40)47-31-35-60-56(38-47)51-32-26-45(50-22-13-19-43-18-9-10-20-49(43)50)37-54(51)55-36-44(27-34-59(55)63-60)41-16-7-4-8-17-41/h3-39H,1-2H3. The number of hydrogen-bond donors (Lipinski definition) is 0. The summed E-state index contributed by atoms with van der Waals surface area (Å²) in [5.41, 5.74) is 19.9. The zero-order valence-electron chi connectivity index (χ0n) is 35.2. The Morgan fingerprint density at radius 2 is 0.841 bits per heavy atom. The molecule has 0 saturated carbocycles. The molecule has 12 rings (SSSR count). The van der Waals surface area contributed by atoms with Crippen molar-refractivity contribution >= 4 is 27.8 Å². The van der Waals surface area contributed by atoms with Gasteiger partial charge in [0.2, 0.25) is 0 Å². The molecule has 1 aliphatic carbocycles. The Bertz CT molecular complexity index is 3380. The number of nitrogens with zero attached hydrogens (tertiary/aromatic N) is 1. The third-order valence-electron chi connectivity index (χ3n) is 13.3. The molecule has 63 heavy (non-hydrogen) atoms. The van der Waals surface area contributed by atoms with E-state index < -0.39 is 0 Å². The lowest BCUT2D eigenvalue weighted by molar-refractivity contribution is 0.488. The summed E-state index contributed by atoms with van der Waals surface area (Å²) in [4.78, 5) is 2.41. The highest BCUT2D eigenvalue weighted by Crippen LogP contribution is 2.53. The molecule has 0 radical (unpaired) electrons. The van der Waals surface area contributed by atoms with Crippen LogP contribution in [0.3, 0.4) is 0 Å². The molecule has 298 valence electrons. The second-order valence-corrected chi connectivity index (χ2v) is 17.3. The summed E-state index contributed by atoms with van der Waals surface area (Å²) in [6, 6.07) is 81.6. The van der Waals surface area contributed by atoms with Gasteiger partial charge >= 0.3 is 0 Å². The zero-order chi connectivity index (χ0) is 42.1. The van der Waals surface area contributed by atoms with Crippen LogP contribution in [0.1, 0.15) is 25.0 Å². The molecule has 0 aromatic heterocycles. The van der Waals surface area contributed by atoms with E-state index in [0.717, 1.165) is 56.4 Å². The monoisotopic (exact) mass is 805 g/mol. The van der Waals surface area contributed by atoms with Gasteiger partial charge in [0.25, 0.3) is 0 Å². The SMILES string of the molecule is CC1(C)c2ccccc2-c2ccc(N(c3ccc(-c4ccccc4)cc3)c3ccc4c(c3)-c3ccc(-c5cccc6ccccc56)cc3-c3cc(-c5ccccc5)ccc3O4)cc21. The van der Waals surface area contributed by atoms with E-state index in [1.54, 1.807) is 0 Å². The van der Waals surface area contributed by atoms with Crippen LogP contribution >= 0.6 is 0 Å². The molecule has 10 aromatic rings. The van der Waals surface area contributed by atoms with E-state index in [1.165, 1.54) is 60.8 Å². The maximum Gasteiger partial charge on any atom is 0.135 e. The molecule has 1 heterocycles. The minimum atomic E-state index is -0.141. The Hall–Kier alpha value is -7.94. The van der Waals surface area contributed by atoms with Crippen molar-refractivity contribution in [3.05, 3.63) is 236 Å². The summed E-state index contributed by atoms with van der Waals surface area (Å²) in [7, 11) is 0. The van der Waals surface area contributed by atoms with Crippen LogP contribution in [-0.4, -0.2) is 0 Å². The molecule has 0 unspecified atom stereocenters. The summed E-state index contributed by atoms with van der Waals surface area (Å²) >= 11 is 0. The zero-order valence-corrected chi connectivity index (χ0v) is 35.2. The molecule has 0 N–H and O–H groups in total. The van der Waals surface area contributed by atoms with Crippen molar-refractivity contribution < 1.29 is 4.74 Å². The number of ether oxygens (including phenoxy) is 1. The summed E-state index contributed by atoms with van der Waals surface area (Å²) < 4.78 is 7.01. The van der Waals surface area contributed by atoms with Gasteiger partial charge in [-0.2, -0.15) is 0 Å². The first-order valence-electron chi connectivity index (χ1n) is 21.8. The number of benzene rings is 10.